The van der Waals surface area contributed by atoms with Gasteiger partial charge in [-0.1, -0.05) is 0 Å². The number of carbonyl (C=O) groups excluding carboxylic acids is 7. The molecule has 0 aliphatic rings. The molecule has 0 aliphatic carbocycles. The van der Waals surface area contributed by atoms with E-state index in [1.165, 1.54) is 0 Å². The quantitative estimate of drug-likeness (QED) is 0.108. The molecule has 184 valence electrons. The Balaban J connectivity index is 4.72. The van der Waals surface area contributed by atoms with E-state index in [9.17, 15) is 38.4 Å². The zero-order chi connectivity index (χ0) is 25.7. The number of hydrogen-bond donors (Lipinski definition) is 9. The number of rotatable bonds is 15. The maximum absolute atomic E-state index is 12.2. The fourth-order valence-electron chi connectivity index (χ4n) is 2.18. The monoisotopic (exact) mass is 474 g/mol. The van der Waals surface area contributed by atoms with Crippen molar-refractivity contribution < 1.29 is 43.5 Å². The number of aliphatic carboxylic acids is 1. The second-order valence-electron chi connectivity index (χ2n) is 6.63. The van der Waals surface area contributed by atoms with Gasteiger partial charge in [-0.25, -0.2) is 4.79 Å². The third kappa shape index (κ3) is 12.9. The van der Waals surface area contributed by atoms with Crippen LogP contribution in [0.3, 0.4) is 0 Å². The lowest BCUT2D eigenvalue weighted by Gasteiger charge is -2.19. The Kier molecular flexibility index (Phi) is 12.1. The average Bonchev–Trinajstić information content (AvgIpc) is 2.67. The van der Waals surface area contributed by atoms with Crippen molar-refractivity contribution in [1.82, 2.24) is 21.3 Å². The van der Waals surface area contributed by atoms with Gasteiger partial charge in [0, 0.05) is 0 Å². The summed E-state index contributed by atoms with van der Waals surface area (Å²) in [6.07, 6.45) is -1.84. The minimum absolute atomic E-state index is 0.524. The van der Waals surface area contributed by atoms with Crippen LogP contribution in [0.4, 0.5) is 0 Å². The number of carboxylic acid groups (broad SMARTS) is 1. The lowest BCUT2D eigenvalue weighted by molar-refractivity contribution is -0.143. The van der Waals surface area contributed by atoms with Gasteiger partial charge in [-0.05, 0) is 0 Å². The Labute approximate surface area is 186 Å². The first kappa shape index (κ1) is 28.7. The molecule has 0 saturated carbocycles. The Morgan fingerprint density at radius 3 is 1.61 bits per heavy atom. The lowest BCUT2D eigenvalue weighted by Crippen LogP contribution is -2.54. The molecule has 0 heterocycles. The molecule has 13 N–H and O–H groups in total. The smallest absolute Gasteiger partial charge is 0.326 e. The molecular formula is C16H26N8O9. The molecular weight excluding hydrogens is 448 g/mol. The van der Waals surface area contributed by atoms with Crippen molar-refractivity contribution in [3.8, 4) is 0 Å². The van der Waals surface area contributed by atoms with Crippen LogP contribution in [-0.4, -0.2) is 83.6 Å². The van der Waals surface area contributed by atoms with Crippen LogP contribution in [0.25, 0.3) is 0 Å². The van der Waals surface area contributed by atoms with E-state index in [1.54, 1.807) is 0 Å². The Bertz CT molecular complexity index is 816. The van der Waals surface area contributed by atoms with Gasteiger partial charge in [0.15, 0.2) is 0 Å². The highest BCUT2D eigenvalue weighted by atomic mass is 16.4. The molecule has 3 atom stereocenters. The largest absolute Gasteiger partial charge is 0.480 e. The topological polar surface area (TPSA) is 309 Å². The molecule has 7 amide bonds. The van der Waals surface area contributed by atoms with Crippen LogP contribution in [-0.2, 0) is 38.4 Å². The molecule has 0 spiro atoms. The summed E-state index contributed by atoms with van der Waals surface area (Å²) in [4.78, 5) is 91.3. The molecule has 0 aromatic carbocycles. The molecule has 0 aromatic heterocycles. The first-order valence-corrected chi connectivity index (χ1v) is 9.20. The number of carbonyl (C=O) groups is 8. The third-order valence-corrected chi connectivity index (χ3v) is 3.70. The molecule has 17 nitrogen and oxygen atoms in total. The summed E-state index contributed by atoms with van der Waals surface area (Å²) in [5.74, 6) is -8.15. The van der Waals surface area contributed by atoms with Gasteiger partial charge in [0.25, 0.3) is 0 Å². The zero-order valence-corrected chi connectivity index (χ0v) is 17.3. The lowest BCUT2D eigenvalue weighted by atomic mass is 10.1. The fraction of sp³-hybridized carbons (Fsp3) is 0.500. The van der Waals surface area contributed by atoms with E-state index >= 15 is 0 Å². The summed E-state index contributed by atoms with van der Waals surface area (Å²) in [5.41, 5.74) is 20.3. The summed E-state index contributed by atoms with van der Waals surface area (Å²) in [6.45, 7) is -1.39. The molecule has 17 heteroatoms. The summed E-state index contributed by atoms with van der Waals surface area (Å²) in [6, 6.07) is -4.50. The Morgan fingerprint density at radius 2 is 1.12 bits per heavy atom. The molecule has 0 fully saturated rings. The number of carboxylic acids is 1. The SMILES string of the molecule is NC(=O)C[C@H](NC(=O)CNC(=O)CNC(=O)[C@H](CC(N)=O)NC(=O)[C@@H](N)CC(N)=O)C(=O)O. The summed E-state index contributed by atoms with van der Waals surface area (Å²) >= 11 is 0. The number of nitrogens with two attached hydrogens (primary N) is 4. The van der Waals surface area contributed by atoms with Crippen molar-refractivity contribution in [1.29, 1.82) is 0 Å². The number of nitrogens with one attached hydrogen (secondary N) is 4. The van der Waals surface area contributed by atoms with Crippen molar-refractivity contribution in [2.24, 2.45) is 22.9 Å². The van der Waals surface area contributed by atoms with Crippen LogP contribution in [0.5, 0.6) is 0 Å². The molecule has 0 aliphatic heterocycles. The molecule has 0 aromatic rings. The maximum atomic E-state index is 12.2. The fourth-order valence-corrected chi connectivity index (χ4v) is 2.18. The van der Waals surface area contributed by atoms with Gasteiger partial charge in [-0.2, -0.15) is 0 Å². The minimum atomic E-state index is -1.59. The number of amides is 7. The van der Waals surface area contributed by atoms with Crippen LogP contribution < -0.4 is 44.2 Å². The molecule has 0 saturated heterocycles. The Hall–Kier alpha value is -4.28. The van der Waals surface area contributed by atoms with E-state index in [1.807, 2.05) is 5.32 Å². The van der Waals surface area contributed by atoms with E-state index in [2.05, 4.69) is 16.0 Å². The molecule has 0 unspecified atom stereocenters. The highest BCUT2D eigenvalue weighted by molar-refractivity contribution is 5.96. The van der Waals surface area contributed by atoms with Crippen molar-refractivity contribution in [3.63, 3.8) is 0 Å². The standard InChI is InChI=1S/C16H26N8O9/c17-6(1-9(18)25)14(30)24-7(2-10(19)26)15(31)22-4-12(28)21-5-13(29)23-8(16(32)33)3-11(20)27/h6-8H,1-5,17H2,(H2,18,25)(H2,19,26)(H2,20,27)(H,21,28)(H,22,31)(H,23,29)(H,24,30)(H,32,33)/t6-,7-,8-/m0/s1. The number of primary amides is 3. The molecule has 33 heavy (non-hydrogen) atoms. The Morgan fingerprint density at radius 1 is 0.636 bits per heavy atom. The second-order valence-corrected chi connectivity index (χ2v) is 6.63. The summed E-state index contributed by atoms with van der Waals surface area (Å²) in [5, 5.41) is 17.1. The first-order valence-electron chi connectivity index (χ1n) is 9.20. The van der Waals surface area contributed by atoms with Crippen molar-refractivity contribution in [2.75, 3.05) is 13.1 Å². The molecule has 0 radical (unpaired) electrons. The first-order chi connectivity index (χ1) is 15.2. The third-order valence-electron chi connectivity index (χ3n) is 3.70. The minimum Gasteiger partial charge on any atom is -0.480 e. The van der Waals surface area contributed by atoms with Crippen LogP contribution in [0.15, 0.2) is 0 Å². The van der Waals surface area contributed by atoms with E-state index in [-0.39, 0.29) is 0 Å². The van der Waals surface area contributed by atoms with Gasteiger partial charge in [0.2, 0.25) is 41.4 Å². The summed E-state index contributed by atoms with van der Waals surface area (Å²) in [7, 11) is 0. The zero-order valence-electron chi connectivity index (χ0n) is 17.3. The van der Waals surface area contributed by atoms with Gasteiger partial charge in [-0.3, -0.25) is 33.6 Å². The highest BCUT2D eigenvalue weighted by Gasteiger charge is 2.26. The molecule has 0 rings (SSSR count). The van der Waals surface area contributed by atoms with Gasteiger partial charge >= 0.3 is 5.97 Å². The summed E-state index contributed by atoms with van der Waals surface area (Å²) < 4.78 is 0. The van der Waals surface area contributed by atoms with Gasteiger partial charge in [0.05, 0.1) is 38.4 Å². The predicted molar refractivity (Wildman–Crippen MR) is 107 cm³/mol. The van der Waals surface area contributed by atoms with E-state index in [0.29, 0.717) is 0 Å². The van der Waals surface area contributed by atoms with Crippen molar-refractivity contribution in [2.45, 2.75) is 37.4 Å². The number of hydrogen-bond acceptors (Lipinski definition) is 9. The van der Waals surface area contributed by atoms with Crippen molar-refractivity contribution >= 4 is 47.3 Å². The van der Waals surface area contributed by atoms with E-state index in [0.717, 1.165) is 0 Å². The van der Waals surface area contributed by atoms with E-state index in [4.69, 9.17) is 28.0 Å². The molecule has 0 bridgehead atoms. The van der Waals surface area contributed by atoms with Gasteiger partial charge in [-0.15, -0.1) is 0 Å². The average molecular weight is 474 g/mol. The van der Waals surface area contributed by atoms with Gasteiger partial charge < -0.3 is 49.3 Å². The van der Waals surface area contributed by atoms with Crippen LogP contribution >= 0.6 is 0 Å². The van der Waals surface area contributed by atoms with Gasteiger partial charge in [0.1, 0.15) is 12.1 Å². The van der Waals surface area contributed by atoms with Crippen LogP contribution in [0.1, 0.15) is 19.3 Å². The highest BCUT2D eigenvalue weighted by Crippen LogP contribution is 1.96. The van der Waals surface area contributed by atoms with Crippen LogP contribution in [0, 0.1) is 0 Å². The van der Waals surface area contributed by atoms with Crippen LogP contribution in [0.2, 0.25) is 0 Å². The second kappa shape index (κ2) is 13.9. The normalized spacial score (nSPS) is 12.9. The predicted octanol–water partition coefficient (Wildman–Crippen LogP) is -6.77. The van der Waals surface area contributed by atoms with Crippen molar-refractivity contribution in [3.05, 3.63) is 0 Å². The maximum Gasteiger partial charge on any atom is 0.326 e. The van der Waals surface area contributed by atoms with E-state index < -0.39 is 97.8 Å².